The van der Waals surface area contributed by atoms with Crippen LogP contribution in [0.3, 0.4) is 0 Å². The van der Waals surface area contributed by atoms with E-state index in [1.807, 2.05) is 18.3 Å². The molecule has 0 aliphatic rings. The summed E-state index contributed by atoms with van der Waals surface area (Å²) in [6.07, 6.45) is 2.93. The molecule has 2 atom stereocenters. The van der Waals surface area contributed by atoms with Crippen molar-refractivity contribution in [3.8, 4) is 11.5 Å². The fourth-order valence-corrected chi connectivity index (χ4v) is 4.62. The minimum absolute atomic E-state index is 0.0372. The van der Waals surface area contributed by atoms with Crippen LogP contribution in [0, 0.1) is 11.7 Å². The summed E-state index contributed by atoms with van der Waals surface area (Å²) in [5.74, 6) is 1.33. The molecule has 0 aliphatic carbocycles. The Labute approximate surface area is 222 Å². The van der Waals surface area contributed by atoms with Gasteiger partial charge in [0.05, 0.1) is 18.8 Å². The van der Waals surface area contributed by atoms with Crippen LogP contribution in [-0.4, -0.2) is 60.7 Å². The average molecular weight is 508 g/mol. The number of rotatable bonds is 15. The van der Waals surface area contributed by atoms with Crippen molar-refractivity contribution < 1.29 is 13.9 Å². The Morgan fingerprint density at radius 3 is 2.41 bits per heavy atom. The van der Waals surface area contributed by atoms with Crippen molar-refractivity contribution in [2.24, 2.45) is 5.92 Å². The molecule has 2 unspecified atom stereocenters. The highest BCUT2D eigenvalue weighted by Gasteiger charge is 2.27. The first-order chi connectivity index (χ1) is 17.9. The molecule has 0 aliphatic heterocycles. The van der Waals surface area contributed by atoms with Gasteiger partial charge in [-0.25, -0.2) is 4.39 Å². The second kappa shape index (κ2) is 14.7. The van der Waals surface area contributed by atoms with E-state index in [1.165, 1.54) is 11.6 Å². The minimum atomic E-state index is -0.313. The van der Waals surface area contributed by atoms with Gasteiger partial charge in [-0.15, -0.1) is 0 Å². The summed E-state index contributed by atoms with van der Waals surface area (Å²) in [7, 11) is 1.71. The van der Waals surface area contributed by atoms with Crippen LogP contribution in [0.15, 0.2) is 72.9 Å². The third kappa shape index (κ3) is 8.54. The van der Waals surface area contributed by atoms with Crippen LogP contribution >= 0.6 is 0 Å². The van der Waals surface area contributed by atoms with Crippen LogP contribution in [0.2, 0.25) is 0 Å². The van der Waals surface area contributed by atoms with Crippen LogP contribution in [0.4, 0.5) is 4.39 Å². The Morgan fingerprint density at radius 2 is 1.73 bits per heavy atom. The maximum absolute atomic E-state index is 13.8. The van der Waals surface area contributed by atoms with E-state index in [-0.39, 0.29) is 11.9 Å². The van der Waals surface area contributed by atoms with Crippen LogP contribution < -0.4 is 9.47 Å². The molecule has 5 nitrogen and oxygen atoms in total. The molecule has 200 valence electrons. The number of ether oxygens (including phenoxy) is 2. The van der Waals surface area contributed by atoms with Gasteiger partial charge in [0.2, 0.25) is 0 Å². The average Bonchev–Trinajstić information content (AvgIpc) is 2.92. The van der Waals surface area contributed by atoms with E-state index in [1.54, 1.807) is 25.3 Å². The van der Waals surface area contributed by atoms with Gasteiger partial charge in [0.1, 0.15) is 12.4 Å². The van der Waals surface area contributed by atoms with Crippen molar-refractivity contribution in [3.05, 3.63) is 90.0 Å². The Hall–Kier alpha value is -2.96. The summed E-state index contributed by atoms with van der Waals surface area (Å²) in [6.45, 7) is 13.1. The van der Waals surface area contributed by atoms with Gasteiger partial charge in [-0.2, -0.15) is 0 Å². The standard InChI is InChI=1S/C31H42FN3O2/c1-6-34(20-21-37-30-16-8-7-14-28(30)32)19-17-25(4)23-35(24(2)3)31(29-15-9-10-18-33-29)26-12-11-13-27(22-26)36-5/h7-16,18,22,24-25,31H,6,17,19-21,23H2,1-5H3. The number of methoxy groups -OCH3 is 1. The molecule has 3 rings (SSSR count). The molecule has 2 aromatic carbocycles. The molecule has 6 heteroatoms. The zero-order chi connectivity index (χ0) is 26.6. The van der Waals surface area contributed by atoms with Gasteiger partial charge in [-0.1, -0.05) is 44.2 Å². The molecule has 0 saturated carbocycles. The van der Waals surface area contributed by atoms with E-state index in [4.69, 9.17) is 14.5 Å². The maximum atomic E-state index is 13.8. The molecule has 0 bridgehead atoms. The van der Waals surface area contributed by atoms with Crippen LogP contribution in [-0.2, 0) is 0 Å². The van der Waals surface area contributed by atoms with Crippen LogP contribution in [0.25, 0.3) is 0 Å². The zero-order valence-corrected chi connectivity index (χ0v) is 22.9. The number of likely N-dealkylation sites (N-methyl/N-ethyl adjacent to an activating group) is 1. The summed E-state index contributed by atoms with van der Waals surface area (Å²) >= 11 is 0. The number of hydrogen-bond donors (Lipinski definition) is 0. The predicted molar refractivity (Wildman–Crippen MR) is 149 cm³/mol. The number of aromatic nitrogens is 1. The first-order valence-corrected chi connectivity index (χ1v) is 13.3. The molecule has 0 fully saturated rings. The SMILES string of the molecule is CCN(CCOc1ccccc1F)CCC(C)CN(C(C)C)C(c1cccc(OC)c1)c1ccccn1. The molecule has 0 N–H and O–H groups in total. The molecule has 1 heterocycles. The summed E-state index contributed by atoms with van der Waals surface area (Å²) < 4.78 is 25.0. The molecule has 1 aromatic heterocycles. The van der Waals surface area contributed by atoms with Gasteiger partial charge >= 0.3 is 0 Å². The fourth-order valence-electron chi connectivity index (χ4n) is 4.62. The fraction of sp³-hybridized carbons (Fsp3) is 0.452. The van der Waals surface area contributed by atoms with Gasteiger partial charge < -0.3 is 14.4 Å². The summed E-state index contributed by atoms with van der Waals surface area (Å²) in [5, 5.41) is 0. The smallest absolute Gasteiger partial charge is 0.165 e. The first kappa shape index (κ1) is 28.6. The molecule has 3 aromatic rings. The summed E-state index contributed by atoms with van der Waals surface area (Å²) in [6, 6.07) is 21.4. The van der Waals surface area contributed by atoms with Crippen molar-refractivity contribution in [3.63, 3.8) is 0 Å². The number of halogens is 1. The molecule has 0 saturated heterocycles. The monoisotopic (exact) mass is 507 g/mol. The van der Waals surface area contributed by atoms with Crippen molar-refractivity contribution in [2.75, 3.05) is 39.9 Å². The maximum Gasteiger partial charge on any atom is 0.165 e. The van der Waals surface area contributed by atoms with Crippen LogP contribution in [0.5, 0.6) is 11.5 Å². The van der Waals surface area contributed by atoms with Gasteiger partial charge in [0.25, 0.3) is 0 Å². The second-order valence-corrected chi connectivity index (χ2v) is 9.83. The number of pyridine rings is 1. The highest BCUT2D eigenvalue weighted by Crippen LogP contribution is 2.32. The molecular formula is C31H42FN3O2. The van der Waals surface area contributed by atoms with E-state index in [2.05, 4.69) is 67.8 Å². The molecule has 0 spiro atoms. The molecule has 37 heavy (non-hydrogen) atoms. The van der Waals surface area contributed by atoms with E-state index in [0.717, 1.165) is 44.0 Å². The Bertz CT molecular complexity index is 1060. The lowest BCUT2D eigenvalue weighted by Crippen LogP contribution is -2.40. The van der Waals surface area contributed by atoms with E-state index in [0.29, 0.717) is 24.3 Å². The number of hydrogen-bond acceptors (Lipinski definition) is 5. The van der Waals surface area contributed by atoms with Gasteiger partial charge in [-0.05, 0) is 81.2 Å². The Balaban J connectivity index is 1.65. The number of benzene rings is 2. The Kier molecular flexibility index (Phi) is 11.4. The highest BCUT2D eigenvalue weighted by atomic mass is 19.1. The van der Waals surface area contributed by atoms with Gasteiger partial charge in [0.15, 0.2) is 11.6 Å². The van der Waals surface area contributed by atoms with E-state index >= 15 is 0 Å². The Morgan fingerprint density at radius 1 is 0.946 bits per heavy atom. The number of nitrogens with zero attached hydrogens (tertiary/aromatic N) is 3. The summed E-state index contributed by atoms with van der Waals surface area (Å²) in [5.41, 5.74) is 2.22. The molecule has 0 amide bonds. The normalized spacial score (nSPS) is 13.2. The molecular weight excluding hydrogens is 465 g/mol. The van der Waals surface area contributed by atoms with Crippen molar-refractivity contribution in [1.29, 1.82) is 0 Å². The van der Waals surface area contributed by atoms with Crippen molar-refractivity contribution in [2.45, 2.75) is 46.2 Å². The largest absolute Gasteiger partial charge is 0.497 e. The van der Waals surface area contributed by atoms with Gasteiger partial charge in [-0.3, -0.25) is 9.88 Å². The van der Waals surface area contributed by atoms with Crippen molar-refractivity contribution in [1.82, 2.24) is 14.8 Å². The number of para-hydroxylation sites is 1. The zero-order valence-electron chi connectivity index (χ0n) is 22.9. The third-order valence-corrected chi connectivity index (χ3v) is 6.78. The highest BCUT2D eigenvalue weighted by molar-refractivity contribution is 5.35. The predicted octanol–water partition coefficient (Wildman–Crippen LogP) is 6.46. The topological polar surface area (TPSA) is 37.8 Å². The van der Waals surface area contributed by atoms with Crippen molar-refractivity contribution >= 4 is 0 Å². The third-order valence-electron chi connectivity index (χ3n) is 6.78. The quantitative estimate of drug-likeness (QED) is 0.236. The van der Waals surface area contributed by atoms with Crippen LogP contribution in [0.1, 0.15) is 51.4 Å². The second-order valence-electron chi connectivity index (χ2n) is 9.83. The minimum Gasteiger partial charge on any atom is -0.497 e. The molecule has 0 radical (unpaired) electrons. The van der Waals surface area contributed by atoms with E-state index < -0.39 is 0 Å². The van der Waals surface area contributed by atoms with E-state index in [9.17, 15) is 4.39 Å². The first-order valence-electron chi connectivity index (χ1n) is 13.3. The summed E-state index contributed by atoms with van der Waals surface area (Å²) in [4.78, 5) is 9.65. The lowest BCUT2D eigenvalue weighted by Gasteiger charge is -2.37. The lowest BCUT2D eigenvalue weighted by atomic mass is 9.97. The van der Waals surface area contributed by atoms with Gasteiger partial charge in [0, 0.05) is 25.3 Å². The lowest BCUT2D eigenvalue weighted by molar-refractivity contribution is 0.138.